The summed E-state index contributed by atoms with van der Waals surface area (Å²) in [6, 6.07) is 4.18. The van der Waals surface area contributed by atoms with E-state index in [1.165, 1.54) is 23.1 Å². The lowest BCUT2D eigenvalue weighted by Gasteiger charge is -2.16. The van der Waals surface area contributed by atoms with Crippen molar-refractivity contribution in [3.05, 3.63) is 35.1 Å². The Labute approximate surface area is 118 Å². The zero-order chi connectivity index (χ0) is 15.0. The van der Waals surface area contributed by atoms with Crippen molar-refractivity contribution in [2.45, 2.75) is 6.42 Å². The molecule has 0 unspecified atom stereocenters. The minimum Gasteiger partial charge on any atom is -0.395 e. The number of carbonyl (C=O) groups is 1. The molecule has 0 saturated carbocycles. The molecule has 0 atom stereocenters. The number of nitrogens with zero attached hydrogens (tertiary/aromatic N) is 1. The quantitative estimate of drug-likeness (QED) is 0.826. The van der Waals surface area contributed by atoms with Crippen LogP contribution >= 0.6 is 0 Å². The molecule has 0 fully saturated rings. The van der Waals surface area contributed by atoms with Gasteiger partial charge in [0, 0.05) is 32.7 Å². The fourth-order valence-corrected chi connectivity index (χ4v) is 1.51. The van der Waals surface area contributed by atoms with Crippen LogP contribution in [0.5, 0.6) is 0 Å². The number of rotatable bonds is 5. The van der Waals surface area contributed by atoms with Crippen LogP contribution in [0.25, 0.3) is 0 Å². The number of aliphatic hydroxyl groups is 1. The van der Waals surface area contributed by atoms with Gasteiger partial charge in [0.05, 0.1) is 18.8 Å². The number of likely N-dealkylation sites (N-methyl/N-ethyl adjacent to an activating group) is 1. The van der Waals surface area contributed by atoms with Crippen LogP contribution in [0.3, 0.4) is 0 Å². The van der Waals surface area contributed by atoms with Crippen LogP contribution in [0.4, 0.5) is 4.39 Å². The standard InChI is InChI=1S/C15H18FNO3/c1-17(8-10-20-2)15(19)13-7-6-12(14(16)11-13)5-3-4-9-18/h6-7,11,18H,4,8-10H2,1-2H3. The van der Waals surface area contributed by atoms with Gasteiger partial charge in [-0.3, -0.25) is 4.79 Å². The zero-order valence-corrected chi connectivity index (χ0v) is 11.6. The summed E-state index contributed by atoms with van der Waals surface area (Å²) in [4.78, 5) is 13.5. The minimum atomic E-state index is -0.540. The topological polar surface area (TPSA) is 49.8 Å². The average molecular weight is 279 g/mol. The van der Waals surface area contributed by atoms with Gasteiger partial charge in [-0.25, -0.2) is 4.39 Å². The van der Waals surface area contributed by atoms with Crippen molar-refractivity contribution in [1.29, 1.82) is 0 Å². The molecule has 4 nitrogen and oxygen atoms in total. The molecular weight excluding hydrogens is 261 g/mol. The van der Waals surface area contributed by atoms with Gasteiger partial charge in [0.2, 0.25) is 0 Å². The first-order chi connectivity index (χ1) is 9.60. The van der Waals surface area contributed by atoms with Crippen molar-refractivity contribution in [3.63, 3.8) is 0 Å². The van der Waals surface area contributed by atoms with Gasteiger partial charge in [-0.05, 0) is 18.2 Å². The van der Waals surface area contributed by atoms with Crippen LogP contribution in [0, 0.1) is 17.7 Å². The Morgan fingerprint density at radius 2 is 2.25 bits per heavy atom. The molecule has 0 aliphatic rings. The Morgan fingerprint density at radius 3 is 2.85 bits per heavy atom. The van der Waals surface area contributed by atoms with E-state index in [4.69, 9.17) is 9.84 Å². The number of hydrogen-bond donors (Lipinski definition) is 1. The van der Waals surface area contributed by atoms with Crippen LogP contribution in [0.1, 0.15) is 22.3 Å². The molecule has 1 aromatic rings. The molecule has 1 amide bonds. The van der Waals surface area contributed by atoms with Gasteiger partial charge in [0.25, 0.3) is 5.91 Å². The monoisotopic (exact) mass is 279 g/mol. The number of amides is 1. The summed E-state index contributed by atoms with van der Waals surface area (Å²) < 4.78 is 18.7. The molecule has 0 spiro atoms. The van der Waals surface area contributed by atoms with Gasteiger partial charge in [-0.1, -0.05) is 11.8 Å². The van der Waals surface area contributed by atoms with Gasteiger partial charge >= 0.3 is 0 Å². The summed E-state index contributed by atoms with van der Waals surface area (Å²) in [5.41, 5.74) is 0.489. The van der Waals surface area contributed by atoms with Gasteiger partial charge in [0.1, 0.15) is 5.82 Å². The molecule has 1 N–H and O–H groups in total. The molecule has 1 aromatic carbocycles. The lowest BCUT2D eigenvalue weighted by Crippen LogP contribution is -2.30. The van der Waals surface area contributed by atoms with E-state index >= 15 is 0 Å². The molecule has 108 valence electrons. The van der Waals surface area contributed by atoms with Crippen molar-refractivity contribution >= 4 is 5.91 Å². The Bertz CT molecular complexity index is 520. The molecule has 0 radical (unpaired) electrons. The van der Waals surface area contributed by atoms with Gasteiger partial charge in [-0.15, -0.1) is 0 Å². The highest BCUT2D eigenvalue weighted by Gasteiger charge is 2.13. The lowest BCUT2D eigenvalue weighted by atomic mass is 10.1. The van der Waals surface area contributed by atoms with Crippen LogP contribution < -0.4 is 0 Å². The Kier molecular flexibility index (Phi) is 6.71. The number of carbonyl (C=O) groups excluding carboxylic acids is 1. The van der Waals surface area contributed by atoms with Crippen molar-refractivity contribution in [1.82, 2.24) is 4.90 Å². The highest BCUT2D eigenvalue weighted by atomic mass is 19.1. The number of hydrogen-bond acceptors (Lipinski definition) is 3. The van der Waals surface area contributed by atoms with Crippen LogP contribution in [-0.2, 0) is 4.74 Å². The third kappa shape index (κ3) is 4.65. The lowest BCUT2D eigenvalue weighted by molar-refractivity contribution is 0.0744. The van der Waals surface area contributed by atoms with Crippen molar-refractivity contribution < 1.29 is 19.0 Å². The average Bonchev–Trinajstić information content (AvgIpc) is 2.45. The largest absolute Gasteiger partial charge is 0.395 e. The first-order valence-electron chi connectivity index (χ1n) is 6.23. The smallest absolute Gasteiger partial charge is 0.253 e. The van der Waals surface area contributed by atoms with Crippen molar-refractivity contribution in [2.24, 2.45) is 0 Å². The number of halogens is 1. The maximum atomic E-state index is 13.8. The molecule has 0 aliphatic heterocycles. The second kappa shape index (κ2) is 8.31. The SMILES string of the molecule is COCCN(C)C(=O)c1ccc(C#CCCO)c(F)c1. The maximum Gasteiger partial charge on any atom is 0.253 e. The minimum absolute atomic E-state index is 0.0600. The molecule has 0 heterocycles. The molecule has 0 saturated heterocycles. The molecule has 5 heteroatoms. The van der Waals surface area contributed by atoms with Crippen LogP contribution in [-0.4, -0.2) is 49.8 Å². The zero-order valence-electron chi connectivity index (χ0n) is 11.6. The van der Waals surface area contributed by atoms with E-state index in [1.54, 1.807) is 14.2 Å². The van der Waals surface area contributed by atoms with Gasteiger partial charge < -0.3 is 14.7 Å². The van der Waals surface area contributed by atoms with E-state index < -0.39 is 5.82 Å². The molecule has 0 aromatic heterocycles. The Morgan fingerprint density at radius 1 is 1.50 bits per heavy atom. The molecule has 20 heavy (non-hydrogen) atoms. The summed E-state index contributed by atoms with van der Waals surface area (Å²) >= 11 is 0. The molecular formula is C15H18FNO3. The summed E-state index contributed by atoms with van der Waals surface area (Å²) in [6.07, 6.45) is 0.292. The van der Waals surface area contributed by atoms with Gasteiger partial charge in [-0.2, -0.15) is 0 Å². The van der Waals surface area contributed by atoms with E-state index in [2.05, 4.69) is 11.8 Å². The molecule has 0 bridgehead atoms. The first kappa shape index (κ1) is 16.2. The summed E-state index contributed by atoms with van der Waals surface area (Å²) in [5.74, 6) is 4.45. The Balaban J connectivity index is 2.81. The number of ether oxygens (including phenoxy) is 1. The summed E-state index contributed by atoms with van der Waals surface area (Å²) in [7, 11) is 3.19. The van der Waals surface area contributed by atoms with Crippen molar-refractivity contribution in [3.8, 4) is 11.8 Å². The predicted octanol–water partition coefficient (Wildman–Crippen LogP) is 1.28. The number of aliphatic hydroxyl groups excluding tert-OH is 1. The Hall–Kier alpha value is -1.90. The highest BCUT2D eigenvalue weighted by molar-refractivity contribution is 5.94. The fourth-order valence-electron chi connectivity index (χ4n) is 1.51. The van der Waals surface area contributed by atoms with E-state index in [-0.39, 0.29) is 23.6 Å². The van der Waals surface area contributed by atoms with E-state index in [1.807, 2.05) is 0 Å². The second-order valence-corrected chi connectivity index (χ2v) is 4.19. The summed E-state index contributed by atoms with van der Waals surface area (Å²) in [5, 5.41) is 8.61. The predicted molar refractivity (Wildman–Crippen MR) is 73.8 cm³/mol. The highest BCUT2D eigenvalue weighted by Crippen LogP contribution is 2.11. The third-order valence-electron chi connectivity index (χ3n) is 2.65. The van der Waals surface area contributed by atoms with E-state index in [9.17, 15) is 9.18 Å². The first-order valence-corrected chi connectivity index (χ1v) is 6.23. The molecule has 0 aliphatic carbocycles. The second-order valence-electron chi connectivity index (χ2n) is 4.19. The van der Waals surface area contributed by atoms with Crippen LogP contribution in [0.2, 0.25) is 0 Å². The summed E-state index contributed by atoms with van der Waals surface area (Å²) in [6.45, 7) is 0.805. The number of benzene rings is 1. The normalized spacial score (nSPS) is 9.80. The van der Waals surface area contributed by atoms with Crippen molar-refractivity contribution in [2.75, 3.05) is 33.9 Å². The molecule has 1 rings (SSSR count). The van der Waals surface area contributed by atoms with E-state index in [0.717, 1.165) is 0 Å². The third-order valence-corrected chi connectivity index (χ3v) is 2.65. The van der Waals surface area contributed by atoms with E-state index in [0.29, 0.717) is 19.6 Å². The fraction of sp³-hybridized carbons (Fsp3) is 0.400. The van der Waals surface area contributed by atoms with Crippen LogP contribution in [0.15, 0.2) is 18.2 Å². The maximum absolute atomic E-state index is 13.8. The number of methoxy groups -OCH3 is 1. The van der Waals surface area contributed by atoms with Gasteiger partial charge in [0.15, 0.2) is 0 Å².